The van der Waals surface area contributed by atoms with E-state index in [0.717, 1.165) is 28.4 Å². The van der Waals surface area contributed by atoms with E-state index in [4.69, 9.17) is 10.5 Å². The van der Waals surface area contributed by atoms with Crippen LogP contribution in [0.3, 0.4) is 0 Å². The SMILES string of the molecule is COc1ccc(SCCC(=O)N(CCCN)Cc2ccccc2)cc1. The maximum absolute atomic E-state index is 12.6. The molecule has 0 heterocycles. The van der Waals surface area contributed by atoms with E-state index in [1.165, 1.54) is 0 Å². The summed E-state index contributed by atoms with van der Waals surface area (Å²) in [6.07, 6.45) is 1.35. The van der Waals surface area contributed by atoms with E-state index in [-0.39, 0.29) is 5.91 Å². The number of carbonyl (C=O) groups is 1. The van der Waals surface area contributed by atoms with Gasteiger partial charge in [0.25, 0.3) is 0 Å². The zero-order valence-electron chi connectivity index (χ0n) is 14.7. The molecule has 0 atom stereocenters. The molecule has 0 unspecified atom stereocenters. The van der Waals surface area contributed by atoms with Crippen molar-refractivity contribution in [1.29, 1.82) is 0 Å². The Balaban J connectivity index is 1.85. The Morgan fingerprint density at radius 3 is 2.48 bits per heavy atom. The summed E-state index contributed by atoms with van der Waals surface area (Å²) in [7, 11) is 1.66. The fourth-order valence-electron chi connectivity index (χ4n) is 2.46. The second-order valence-electron chi connectivity index (χ2n) is 5.72. The average Bonchev–Trinajstić information content (AvgIpc) is 2.66. The van der Waals surface area contributed by atoms with Gasteiger partial charge in [0.05, 0.1) is 7.11 Å². The molecule has 2 rings (SSSR count). The summed E-state index contributed by atoms with van der Waals surface area (Å²) in [5.74, 6) is 1.79. The standard InChI is InChI=1S/C20H26N2O2S/c1-24-18-8-10-19(11-9-18)25-15-12-20(23)22(14-5-13-21)16-17-6-3-2-4-7-17/h2-4,6-11H,5,12-16,21H2,1H3. The molecule has 134 valence electrons. The number of thioether (sulfide) groups is 1. The average molecular weight is 359 g/mol. The van der Waals surface area contributed by atoms with Gasteiger partial charge in [0.2, 0.25) is 5.91 Å². The molecule has 0 bridgehead atoms. The quantitative estimate of drug-likeness (QED) is 0.660. The van der Waals surface area contributed by atoms with Gasteiger partial charge in [-0.1, -0.05) is 30.3 Å². The summed E-state index contributed by atoms with van der Waals surface area (Å²) in [5, 5.41) is 0. The minimum atomic E-state index is 0.179. The third kappa shape index (κ3) is 6.80. The molecule has 5 heteroatoms. The van der Waals surface area contributed by atoms with E-state index in [1.54, 1.807) is 18.9 Å². The summed E-state index contributed by atoms with van der Waals surface area (Å²) >= 11 is 1.69. The van der Waals surface area contributed by atoms with Gasteiger partial charge in [0.15, 0.2) is 0 Å². The van der Waals surface area contributed by atoms with Crippen LogP contribution in [0.5, 0.6) is 5.75 Å². The van der Waals surface area contributed by atoms with Crippen molar-refractivity contribution in [2.24, 2.45) is 5.73 Å². The fourth-order valence-corrected chi connectivity index (χ4v) is 3.31. The highest BCUT2D eigenvalue weighted by atomic mass is 32.2. The van der Waals surface area contributed by atoms with Crippen molar-refractivity contribution < 1.29 is 9.53 Å². The molecule has 0 aliphatic rings. The van der Waals surface area contributed by atoms with E-state index in [9.17, 15) is 4.79 Å². The van der Waals surface area contributed by atoms with Crippen molar-refractivity contribution in [2.75, 3.05) is 26.0 Å². The van der Waals surface area contributed by atoms with E-state index in [0.29, 0.717) is 26.1 Å². The van der Waals surface area contributed by atoms with Gasteiger partial charge >= 0.3 is 0 Å². The van der Waals surface area contributed by atoms with Crippen molar-refractivity contribution in [3.05, 3.63) is 60.2 Å². The van der Waals surface area contributed by atoms with Crippen LogP contribution in [0.4, 0.5) is 0 Å². The van der Waals surface area contributed by atoms with E-state index in [1.807, 2.05) is 47.4 Å². The van der Waals surface area contributed by atoms with Gasteiger partial charge in [-0.25, -0.2) is 0 Å². The number of methoxy groups -OCH3 is 1. The van der Waals surface area contributed by atoms with E-state index < -0.39 is 0 Å². The largest absolute Gasteiger partial charge is 0.497 e. The first kappa shape index (κ1) is 19.3. The van der Waals surface area contributed by atoms with E-state index in [2.05, 4.69) is 12.1 Å². The maximum Gasteiger partial charge on any atom is 0.223 e. The number of benzene rings is 2. The first-order chi connectivity index (χ1) is 12.2. The molecule has 25 heavy (non-hydrogen) atoms. The number of rotatable bonds is 10. The molecule has 0 saturated heterocycles. The monoisotopic (exact) mass is 358 g/mol. The molecule has 2 aromatic carbocycles. The van der Waals surface area contributed by atoms with Gasteiger partial charge in [-0.3, -0.25) is 4.79 Å². The smallest absolute Gasteiger partial charge is 0.223 e. The van der Waals surface area contributed by atoms with Crippen LogP contribution < -0.4 is 10.5 Å². The van der Waals surface area contributed by atoms with Crippen LogP contribution in [0.15, 0.2) is 59.5 Å². The molecule has 0 aliphatic carbocycles. The highest BCUT2D eigenvalue weighted by Crippen LogP contribution is 2.22. The molecule has 2 aromatic rings. The maximum atomic E-state index is 12.6. The molecule has 0 radical (unpaired) electrons. The number of hydrogen-bond acceptors (Lipinski definition) is 4. The van der Waals surface area contributed by atoms with Crippen LogP contribution in [0, 0.1) is 0 Å². The minimum absolute atomic E-state index is 0.179. The number of amides is 1. The number of ether oxygens (including phenoxy) is 1. The van der Waals surface area contributed by atoms with Crippen molar-refractivity contribution >= 4 is 17.7 Å². The second-order valence-corrected chi connectivity index (χ2v) is 6.89. The van der Waals surface area contributed by atoms with Crippen molar-refractivity contribution in [1.82, 2.24) is 4.90 Å². The summed E-state index contributed by atoms with van der Waals surface area (Å²) in [6, 6.07) is 18.0. The van der Waals surface area contributed by atoms with Gasteiger partial charge in [-0.05, 0) is 42.8 Å². The van der Waals surface area contributed by atoms with Gasteiger partial charge < -0.3 is 15.4 Å². The van der Waals surface area contributed by atoms with Crippen molar-refractivity contribution in [2.45, 2.75) is 24.3 Å². The lowest BCUT2D eigenvalue weighted by atomic mass is 10.2. The highest BCUT2D eigenvalue weighted by Gasteiger charge is 2.13. The summed E-state index contributed by atoms with van der Waals surface area (Å²) < 4.78 is 5.16. The van der Waals surface area contributed by atoms with Crippen LogP contribution >= 0.6 is 11.8 Å². The van der Waals surface area contributed by atoms with E-state index >= 15 is 0 Å². The predicted molar refractivity (Wildman–Crippen MR) is 104 cm³/mol. The van der Waals surface area contributed by atoms with Crippen LogP contribution in [-0.2, 0) is 11.3 Å². The summed E-state index contributed by atoms with van der Waals surface area (Å²) in [4.78, 5) is 15.7. The molecule has 0 fully saturated rings. The Kier molecular flexibility index (Phi) is 8.35. The first-order valence-corrected chi connectivity index (χ1v) is 9.50. The minimum Gasteiger partial charge on any atom is -0.497 e. The molecule has 0 aliphatic heterocycles. The van der Waals surface area contributed by atoms with Gasteiger partial charge in [-0.2, -0.15) is 0 Å². The normalized spacial score (nSPS) is 10.5. The fraction of sp³-hybridized carbons (Fsp3) is 0.350. The third-order valence-electron chi connectivity index (χ3n) is 3.85. The molecule has 2 N–H and O–H groups in total. The zero-order chi connectivity index (χ0) is 17.9. The lowest BCUT2D eigenvalue weighted by Crippen LogP contribution is -2.32. The number of nitrogens with two attached hydrogens (primary N) is 1. The topological polar surface area (TPSA) is 55.6 Å². The Morgan fingerprint density at radius 2 is 1.84 bits per heavy atom. The van der Waals surface area contributed by atoms with Gasteiger partial charge in [0, 0.05) is 30.2 Å². The number of hydrogen-bond donors (Lipinski definition) is 1. The van der Waals surface area contributed by atoms with Crippen molar-refractivity contribution in [3.8, 4) is 5.75 Å². The third-order valence-corrected chi connectivity index (χ3v) is 4.86. The molecule has 1 amide bonds. The lowest BCUT2D eigenvalue weighted by molar-refractivity contribution is -0.131. The van der Waals surface area contributed by atoms with Crippen LogP contribution in [0.2, 0.25) is 0 Å². The molecular formula is C20H26N2O2S. The summed E-state index contributed by atoms with van der Waals surface area (Å²) in [5.41, 5.74) is 6.77. The lowest BCUT2D eigenvalue weighted by Gasteiger charge is -2.22. The van der Waals surface area contributed by atoms with Crippen LogP contribution in [-0.4, -0.2) is 36.8 Å². The Hall–Kier alpha value is -1.98. The highest BCUT2D eigenvalue weighted by molar-refractivity contribution is 7.99. The number of carbonyl (C=O) groups excluding carboxylic acids is 1. The second kappa shape index (κ2) is 10.8. The Labute approximate surface area is 154 Å². The Bertz CT molecular complexity index is 632. The molecule has 4 nitrogen and oxygen atoms in total. The molecule has 0 aromatic heterocycles. The van der Waals surface area contributed by atoms with Crippen LogP contribution in [0.1, 0.15) is 18.4 Å². The van der Waals surface area contributed by atoms with Crippen LogP contribution in [0.25, 0.3) is 0 Å². The summed E-state index contributed by atoms with van der Waals surface area (Å²) in [6.45, 7) is 1.95. The van der Waals surface area contributed by atoms with Crippen molar-refractivity contribution in [3.63, 3.8) is 0 Å². The molecule has 0 spiro atoms. The predicted octanol–water partition coefficient (Wildman–Crippen LogP) is 3.56. The Morgan fingerprint density at radius 1 is 1.12 bits per heavy atom. The molecular weight excluding hydrogens is 332 g/mol. The van der Waals surface area contributed by atoms with Gasteiger partial charge in [0.1, 0.15) is 5.75 Å². The first-order valence-electron chi connectivity index (χ1n) is 8.51. The van der Waals surface area contributed by atoms with Gasteiger partial charge in [-0.15, -0.1) is 11.8 Å². The molecule has 0 saturated carbocycles. The number of nitrogens with zero attached hydrogens (tertiary/aromatic N) is 1. The zero-order valence-corrected chi connectivity index (χ0v) is 15.5.